The molecule has 108 valence electrons. The van der Waals surface area contributed by atoms with E-state index in [2.05, 4.69) is 0 Å². The summed E-state index contributed by atoms with van der Waals surface area (Å²) in [6, 6.07) is 9.01. The van der Waals surface area contributed by atoms with Crippen LogP contribution in [0, 0.1) is 0 Å². The maximum atomic E-state index is 13.4. The molecule has 0 bridgehead atoms. The van der Waals surface area contributed by atoms with Gasteiger partial charge in [-0.05, 0) is 12.5 Å². The molecule has 1 aromatic rings. The summed E-state index contributed by atoms with van der Waals surface area (Å²) in [7, 11) is 0. The lowest BCUT2D eigenvalue weighted by Gasteiger charge is -2.29. The first kappa shape index (κ1) is 14.3. The smallest absolute Gasteiger partial charge is 0.411 e. The van der Waals surface area contributed by atoms with Crippen molar-refractivity contribution in [1.29, 1.82) is 0 Å². The normalized spacial score (nSPS) is 25.5. The van der Waals surface area contributed by atoms with Gasteiger partial charge in [0.05, 0.1) is 6.54 Å². The Hall–Kier alpha value is -2.11. The Balaban J connectivity index is 2.03. The van der Waals surface area contributed by atoms with E-state index < -0.39 is 23.8 Å². The maximum Gasteiger partial charge on any atom is 0.411 e. The molecule has 1 aromatic carbocycles. The first-order chi connectivity index (χ1) is 9.43. The summed E-state index contributed by atoms with van der Waals surface area (Å²) in [6.45, 7) is 1.11. The van der Waals surface area contributed by atoms with Crippen LogP contribution in [-0.4, -0.2) is 40.3 Å². The first-order valence-electron chi connectivity index (χ1n) is 6.29. The number of benzene rings is 1. The molecule has 2 atom stereocenters. The summed E-state index contributed by atoms with van der Waals surface area (Å²) in [5, 5.41) is 9.18. The molecule has 1 aliphatic rings. The number of ether oxygens (including phenoxy) is 1. The van der Waals surface area contributed by atoms with Crippen molar-refractivity contribution in [2.45, 2.75) is 31.7 Å². The molecule has 1 amide bonds. The summed E-state index contributed by atoms with van der Waals surface area (Å²) in [5.41, 5.74) is -0.762. The molecule has 1 N–H and O–H groups in total. The number of hydrogen-bond acceptors (Lipinski definition) is 3. The van der Waals surface area contributed by atoms with Crippen molar-refractivity contribution in [2.75, 3.05) is 6.54 Å². The number of halogens is 1. The fourth-order valence-electron chi connectivity index (χ4n) is 2.28. The summed E-state index contributed by atoms with van der Waals surface area (Å²) in [6.07, 6.45) is -2.37. The van der Waals surface area contributed by atoms with Crippen molar-refractivity contribution >= 4 is 12.1 Å². The Labute approximate surface area is 116 Å². The molecule has 0 saturated carbocycles. The zero-order valence-electron chi connectivity index (χ0n) is 11.1. The predicted octanol–water partition coefficient (Wildman–Crippen LogP) is 2.21. The molecule has 0 spiro atoms. The molecule has 1 unspecified atom stereocenters. The zero-order valence-corrected chi connectivity index (χ0v) is 11.1. The van der Waals surface area contributed by atoms with E-state index in [0.717, 1.165) is 10.5 Å². The fourth-order valence-corrected chi connectivity index (χ4v) is 2.28. The van der Waals surface area contributed by atoms with E-state index in [-0.39, 0.29) is 19.6 Å². The average Bonchev–Trinajstić information content (AvgIpc) is 2.74. The molecule has 1 fully saturated rings. The highest BCUT2D eigenvalue weighted by Crippen LogP contribution is 2.32. The number of rotatable bonds is 3. The van der Waals surface area contributed by atoms with Crippen molar-refractivity contribution in [2.24, 2.45) is 0 Å². The topological polar surface area (TPSA) is 66.8 Å². The van der Waals surface area contributed by atoms with Crippen LogP contribution in [0.4, 0.5) is 9.18 Å². The highest BCUT2D eigenvalue weighted by Gasteiger charge is 2.51. The molecular weight excluding hydrogens is 265 g/mol. The van der Waals surface area contributed by atoms with Gasteiger partial charge in [0.1, 0.15) is 18.3 Å². The van der Waals surface area contributed by atoms with Gasteiger partial charge in [-0.15, -0.1) is 0 Å². The minimum absolute atomic E-state index is 0.0306. The number of hydrogen-bond donors (Lipinski definition) is 1. The van der Waals surface area contributed by atoms with Crippen molar-refractivity contribution in [1.82, 2.24) is 4.90 Å². The Morgan fingerprint density at radius 1 is 1.45 bits per heavy atom. The SMILES string of the molecule is C[C@@]1(C(=O)O)CC(F)CN1C(=O)OCc1ccccc1. The predicted molar refractivity (Wildman–Crippen MR) is 68.9 cm³/mol. The molecule has 1 heterocycles. The lowest BCUT2D eigenvalue weighted by molar-refractivity contribution is -0.147. The third kappa shape index (κ3) is 2.74. The number of carbonyl (C=O) groups excluding carboxylic acids is 1. The minimum atomic E-state index is -1.55. The molecule has 1 aliphatic heterocycles. The van der Waals surface area contributed by atoms with E-state index >= 15 is 0 Å². The monoisotopic (exact) mass is 281 g/mol. The van der Waals surface area contributed by atoms with E-state index in [9.17, 15) is 19.1 Å². The van der Waals surface area contributed by atoms with Crippen molar-refractivity contribution in [3.8, 4) is 0 Å². The van der Waals surface area contributed by atoms with Crippen LogP contribution in [0.15, 0.2) is 30.3 Å². The van der Waals surface area contributed by atoms with E-state index in [1.807, 2.05) is 6.07 Å². The van der Waals surface area contributed by atoms with Gasteiger partial charge in [0.25, 0.3) is 0 Å². The van der Waals surface area contributed by atoms with Crippen LogP contribution < -0.4 is 0 Å². The molecule has 2 rings (SSSR count). The van der Waals surface area contributed by atoms with E-state index in [4.69, 9.17) is 4.74 Å². The number of carbonyl (C=O) groups is 2. The summed E-state index contributed by atoms with van der Waals surface area (Å²) < 4.78 is 18.5. The number of alkyl halides is 1. The third-order valence-corrected chi connectivity index (χ3v) is 3.48. The quantitative estimate of drug-likeness (QED) is 0.922. The van der Waals surface area contributed by atoms with Gasteiger partial charge in [-0.2, -0.15) is 0 Å². The summed E-state index contributed by atoms with van der Waals surface area (Å²) in [4.78, 5) is 24.1. The second-order valence-electron chi connectivity index (χ2n) is 5.03. The van der Waals surface area contributed by atoms with Crippen LogP contribution in [0.25, 0.3) is 0 Å². The molecule has 0 aromatic heterocycles. The van der Waals surface area contributed by atoms with Gasteiger partial charge in [0.15, 0.2) is 0 Å². The molecule has 1 saturated heterocycles. The standard InChI is InChI=1S/C14H16FNO4/c1-14(12(17)18)7-11(15)8-16(14)13(19)20-9-10-5-3-2-4-6-10/h2-6,11H,7-9H2,1H3,(H,17,18)/t11?,14-/m0/s1. The third-order valence-electron chi connectivity index (χ3n) is 3.48. The second kappa shape index (κ2) is 5.48. The highest BCUT2D eigenvalue weighted by molar-refractivity contribution is 5.84. The highest BCUT2D eigenvalue weighted by atomic mass is 19.1. The van der Waals surface area contributed by atoms with E-state index in [1.165, 1.54) is 6.92 Å². The van der Waals surface area contributed by atoms with Crippen molar-refractivity contribution in [3.63, 3.8) is 0 Å². The first-order valence-corrected chi connectivity index (χ1v) is 6.29. The Bertz CT molecular complexity index is 507. The van der Waals surface area contributed by atoms with Gasteiger partial charge in [0.2, 0.25) is 0 Å². The van der Waals surface area contributed by atoms with Gasteiger partial charge >= 0.3 is 12.1 Å². The van der Waals surface area contributed by atoms with Crippen molar-refractivity contribution < 1.29 is 23.8 Å². The minimum Gasteiger partial charge on any atom is -0.480 e. The van der Waals surface area contributed by atoms with Crippen LogP contribution in [0.1, 0.15) is 18.9 Å². The van der Waals surface area contributed by atoms with E-state index in [0.29, 0.717) is 0 Å². The number of carboxylic acid groups (broad SMARTS) is 1. The van der Waals surface area contributed by atoms with Crippen LogP contribution in [-0.2, 0) is 16.1 Å². The largest absolute Gasteiger partial charge is 0.480 e. The van der Waals surface area contributed by atoms with Gasteiger partial charge in [-0.25, -0.2) is 14.0 Å². The zero-order chi connectivity index (χ0) is 14.8. The van der Waals surface area contributed by atoms with E-state index in [1.54, 1.807) is 24.3 Å². The Kier molecular flexibility index (Phi) is 3.92. The van der Waals surface area contributed by atoms with Crippen LogP contribution in [0.2, 0.25) is 0 Å². The van der Waals surface area contributed by atoms with Crippen LogP contribution in [0.5, 0.6) is 0 Å². The fraction of sp³-hybridized carbons (Fsp3) is 0.429. The summed E-state index contributed by atoms with van der Waals surface area (Å²) >= 11 is 0. The Morgan fingerprint density at radius 2 is 2.10 bits per heavy atom. The maximum absolute atomic E-state index is 13.4. The number of amides is 1. The lowest BCUT2D eigenvalue weighted by Crippen LogP contribution is -2.50. The molecule has 5 nitrogen and oxygen atoms in total. The lowest BCUT2D eigenvalue weighted by atomic mass is 9.99. The second-order valence-corrected chi connectivity index (χ2v) is 5.03. The van der Waals surface area contributed by atoms with Gasteiger partial charge < -0.3 is 9.84 Å². The van der Waals surface area contributed by atoms with Gasteiger partial charge in [-0.1, -0.05) is 30.3 Å². The molecule has 0 radical (unpaired) electrons. The molecular formula is C14H16FNO4. The number of nitrogens with zero attached hydrogens (tertiary/aromatic N) is 1. The molecule has 0 aliphatic carbocycles. The number of likely N-dealkylation sites (tertiary alicyclic amines) is 1. The van der Waals surface area contributed by atoms with Crippen molar-refractivity contribution in [3.05, 3.63) is 35.9 Å². The van der Waals surface area contributed by atoms with Gasteiger partial charge in [0, 0.05) is 6.42 Å². The van der Waals surface area contributed by atoms with Crippen LogP contribution in [0.3, 0.4) is 0 Å². The molecule has 20 heavy (non-hydrogen) atoms. The van der Waals surface area contributed by atoms with Gasteiger partial charge in [-0.3, -0.25) is 4.90 Å². The summed E-state index contributed by atoms with van der Waals surface area (Å²) in [5.74, 6) is -1.23. The number of aliphatic carboxylic acids is 1. The van der Waals surface area contributed by atoms with Crippen LogP contribution >= 0.6 is 0 Å². The number of carboxylic acids is 1. The Morgan fingerprint density at radius 3 is 2.70 bits per heavy atom. The molecule has 6 heteroatoms. The average molecular weight is 281 g/mol.